The van der Waals surface area contributed by atoms with E-state index in [2.05, 4.69) is 10.3 Å². The Morgan fingerprint density at radius 1 is 0.966 bits per heavy atom. The van der Waals surface area contributed by atoms with Crippen molar-refractivity contribution in [1.82, 2.24) is 4.98 Å². The minimum Gasteiger partial charge on any atom is -0.439 e. The first-order chi connectivity index (χ1) is 13.6. The van der Waals surface area contributed by atoms with Crippen LogP contribution in [0, 0.1) is 20.8 Å². The normalized spacial score (nSPS) is 11.2. The molecule has 3 rings (SSSR count). The van der Waals surface area contributed by atoms with E-state index in [-0.39, 0.29) is 10.5 Å². The maximum Gasteiger partial charge on any atom is 0.256 e. The highest BCUT2D eigenvalue weighted by Crippen LogP contribution is 2.23. The van der Waals surface area contributed by atoms with E-state index in [1.807, 2.05) is 32.0 Å². The van der Waals surface area contributed by atoms with Crippen molar-refractivity contribution in [2.75, 3.05) is 5.32 Å². The number of rotatable bonds is 5. The molecule has 29 heavy (non-hydrogen) atoms. The molecule has 2 aromatic carbocycles. The number of anilines is 1. The average molecular weight is 411 g/mol. The lowest BCUT2D eigenvalue weighted by Crippen LogP contribution is -2.17. The lowest BCUT2D eigenvalue weighted by atomic mass is 10.1. The number of pyridine rings is 1. The Kier molecular flexibility index (Phi) is 5.67. The van der Waals surface area contributed by atoms with Crippen LogP contribution >= 0.6 is 0 Å². The molecule has 1 heterocycles. The molecule has 3 aromatic rings. The van der Waals surface area contributed by atoms with Crippen molar-refractivity contribution in [2.24, 2.45) is 5.14 Å². The van der Waals surface area contributed by atoms with Gasteiger partial charge in [0.1, 0.15) is 5.75 Å². The molecule has 150 valence electrons. The van der Waals surface area contributed by atoms with Gasteiger partial charge < -0.3 is 10.1 Å². The van der Waals surface area contributed by atoms with Crippen molar-refractivity contribution in [3.8, 4) is 11.6 Å². The molecule has 0 saturated carbocycles. The number of hydrogen-bond acceptors (Lipinski definition) is 5. The molecule has 0 unspecified atom stereocenters. The van der Waals surface area contributed by atoms with Gasteiger partial charge in [-0.05, 0) is 67.8 Å². The molecular formula is C21H21N3O4S. The second-order valence-corrected chi connectivity index (χ2v) is 8.27. The number of nitrogens with zero attached hydrogens (tertiary/aromatic N) is 1. The maximum atomic E-state index is 12.6. The standard InChI is InChI=1S/C21H21N3O4S/c1-13-4-7-17(10-15(13)3)28-20-9-6-16(12-23-20)24-21(25)19-11-18(29(22,26)27)8-5-14(19)2/h4-12H,1-3H3,(H,24,25)(H2,22,26,27). The lowest BCUT2D eigenvalue weighted by Gasteiger charge is -2.10. The second kappa shape index (κ2) is 8.02. The summed E-state index contributed by atoms with van der Waals surface area (Å²) in [5, 5.41) is 7.84. The molecule has 0 fully saturated rings. The van der Waals surface area contributed by atoms with Crippen molar-refractivity contribution in [3.05, 3.63) is 77.0 Å². The van der Waals surface area contributed by atoms with Crippen LogP contribution in [0.4, 0.5) is 5.69 Å². The molecule has 0 aliphatic heterocycles. The van der Waals surface area contributed by atoms with Crippen LogP contribution in [0.1, 0.15) is 27.0 Å². The van der Waals surface area contributed by atoms with Crippen LogP contribution in [0.3, 0.4) is 0 Å². The fourth-order valence-corrected chi connectivity index (χ4v) is 3.17. The number of aryl methyl sites for hydroxylation is 3. The molecule has 0 aliphatic rings. The predicted octanol–water partition coefficient (Wildman–Crippen LogP) is 3.70. The van der Waals surface area contributed by atoms with E-state index >= 15 is 0 Å². The number of aromatic nitrogens is 1. The minimum absolute atomic E-state index is 0.122. The number of primary sulfonamides is 1. The summed E-state index contributed by atoms with van der Waals surface area (Å²) in [6.07, 6.45) is 1.47. The first-order valence-corrected chi connectivity index (χ1v) is 10.3. The van der Waals surface area contributed by atoms with Gasteiger partial charge in [0.15, 0.2) is 0 Å². The smallest absolute Gasteiger partial charge is 0.256 e. The largest absolute Gasteiger partial charge is 0.439 e. The molecule has 0 saturated heterocycles. The molecular weight excluding hydrogens is 390 g/mol. The van der Waals surface area contributed by atoms with Gasteiger partial charge in [-0.25, -0.2) is 18.5 Å². The van der Waals surface area contributed by atoms with Crippen LogP contribution in [0.5, 0.6) is 11.6 Å². The van der Waals surface area contributed by atoms with Gasteiger partial charge in [0.2, 0.25) is 15.9 Å². The topological polar surface area (TPSA) is 111 Å². The molecule has 1 aromatic heterocycles. The highest BCUT2D eigenvalue weighted by Gasteiger charge is 2.15. The van der Waals surface area contributed by atoms with Gasteiger partial charge >= 0.3 is 0 Å². The number of amides is 1. The Morgan fingerprint density at radius 2 is 1.69 bits per heavy atom. The van der Waals surface area contributed by atoms with Gasteiger partial charge in [-0.1, -0.05) is 12.1 Å². The van der Waals surface area contributed by atoms with Crippen molar-refractivity contribution >= 4 is 21.6 Å². The van der Waals surface area contributed by atoms with E-state index in [0.717, 1.165) is 5.56 Å². The molecule has 0 aliphatic carbocycles. The fourth-order valence-electron chi connectivity index (χ4n) is 2.63. The van der Waals surface area contributed by atoms with Gasteiger partial charge in [-0.2, -0.15) is 0 Å². The van der Waals surface area contributed by atoms with Crippen LogP contribution in [-0.4, -0.2) is 19.3 Å². The summed E-state index contributed by atoms with van der Waals surface area (Å²) in [4.78, 5) is 16.6. The molecule has 0 bridgehead atoms. The van der Waals surface area contributed by atoms with E-state index in [1.165, 1.54) is 30.0 Å². The van der Waals surface area contributed by atoms with Crippen LogP contribution in [0.2, 0.25) is 0 Å². The third-order valence-corrected chi connectivity index (χ3v) is 5.39. The highest BCUT2D eigenvalue weighted by atomic mass is 32.2. The SMILES string of the molecule is Cc1ccc(Oc2ccc(NC(=O)c3cc(S(N)(=O)=O)ccc3C)cn2)cc1C. The Morgan fingerprint density at radius 3 is 2.31 bits per heavy atom. The first-order valence-electron chi connectivity index (χ1n) is 8.79. The predicted molar refractivity (Wildman–Crippen MR) is 111 cm³/mol. The molecule has 0 atom stereocenters. The monoisotopic (exact) mass is 411 g/mol. The molecule has 1 amide bonds. The number of carbonyl (C=O) groups excluding carboxylic acids is 1. The van der Waals surface area contributed by atoms with Crippen LogP contribution < -0.4 is 15.2 Å². The van der Waals surface area contributed by atoms with Crippen molar-refractivity contribution in [1.29, 1.82) is 0 Å². The summed E-state index contributed by atoms with van der Waals surface area (Å²) in [6, 6.07) is 13.2. The molecule has 8 heteroatoms. The Bertz CT molecular complexity index is 1170. The maximum absolute atomic E-state index is 12.6. The Hall–Kier alpha value is -3.23. The number of nitrogens with two attached hydrogens (primary N) is 1. The van der Waals surface area contributed by atoms with Gasteiger partial charge in [0.25, 0.3) is 5.91 Å². The summed E-state index contributed by atoms with van der Waals surface area (Å²) in [6.45, 7) is 5.73. The zero-order valence-electron chi connectivity index (χ0n) is 16.3. The fraction of sp³-hybridized carbons (Fsp3) is 0.143. The van der Waals surface area contributed by atoms with E-state index in [1.54, 1.807) is 19.1 Å². The number of nitrogens with one attached hydrogen (secondary N) is 1. The third-order valence-electron chi connectivity index (χ3n) is 4.48. The van der Waals surface area contributed by atoms with Gasteiger partial charge in [-0.3, -0.25) is 4.79 Å². The summed E-state index contributed by atoms with van der Waals surface area (Å²) in [5.74, 6) is 0.601. The van der Waals surface area contributed by atoms with Crippen molar-refractivity contribution in [2.45, 2.75) is 25.7 Å². The van der Waals surface area contributed by atoms with Crippen LogP contribution in [0.25, 0.3) is 0 Å². The van der Waals surface area contributed by atoms with Gasteiger partial charge in [0, 0.05) is 11.6 Å². The van der Waals surface area contributed by atoms with Crippen molar-refractivity contribution < 1.29 is 17.9 Å². The van der Waals surface area contributed by atoms with Crippen LogP contribution in [0.15, 0.2) is 59.6 Å². The highest BCUT2D eigenvalue weighted by molar-refractivity contribution is 7.89. The van der Waals surface area contributed by atoms with E-state index in [9.17, 15) is 13.2 Å². The molecule has 7 nitrogen and oxygen atoms in total. The lowest BCUT2D eigenvalue weighted by molar-refractivity contribution is 0.102. The number of sulfonamides is 1. The van der Waals surface area contributed by atoms with E-state index < -0.39 is 15.9 Å². The second-order valence-electron chi connectivity index (χ2n) is 6.71. The number of benzene rings is 2. The molecule has 0 radical (unpaired) electrons. The quantitative estimate of drug-likeness (QED) is 0.665. The minimum atomic E-state index is -3.90. The molecule has 3 N–H and O–H groups in total. The number of carbonyl (C=O) groups is 1. The van der Waals surface area contributed by atoms with Crippen LogP contribution in [-0.2, 0) is 10.0 Å². The summed E-state index contributed by atoms with van der Waals surface area (Å²) in [7, 11) is -3.90. The summed E-state index contributed by atoms with van der Waals surface area (Å²) < 4.78 is 28.8. The van der Waals surface area contributed by atoms with Crippen molar-refractivity contribution in [3.63, 3.8) is 0 Å². The Labute approximate surface area is 169 Å². The van der Waals surface area contributed by atoms with Gasteiger partial charge in [-0.15, -0.1) is 0 Å². The van der Waals surface area contributed by atoms with E-state index in [0.29, 0.717) is 22.9 Å². The van der Waals surface area contributed by atoms with E-state index in [4.69, 9.17) is 9.88 Å². The summed E-state index contributed by atoms with van der Waals surface area (Å²) >= 11 is 0. The summed E-state index contributed by atoms with van der Waals surface area (Å²) in [5.41, 5.74) is 3.57. The number of hydrogen-bond donors (Lipinski definition) is 2. The third kappa shape index (κ3) is 4.98. The zero-order chi connectivity index (χ0) is 21.2. The van der Waals surface area contributed by atoms with Gasteiger partial charge in [0.05, 0.1) is 16.8 Å². The Balaban J connectivity index is 1.74. The number of ether oxygens (including phenoxy) is 1. The first kappa shape index (κ1) is 20.5. The average Bonchev–Trinajstić information content (AvgIpc) is 2.65. The molecule has 0 spiro atoms. The zero-order valence-corrected chi connectivity index (χ0v) is 17.1.